The fourth-order valence-electron chi connectivity index (χ4n) is 2.10. The van der Waals surface area contributed by atoms with Crippen LogP contribution in [0.1, 0.15) is 19.4 Å². The van der Waals surface area contributed by atoms with Crippen molar-refractivity contribution >= 4 is 40.4 Å². The molecule has 0 bridgehead atoms. The molecule has 0 aliphatic carbocycles. The Labute approximate surface area is 132 Å². The smallest absolute Gasteiger partial charge is 0.285 e. The molecule has 6 nitrogen and oxygen atoms in total. The first kappa shape index (κ1) is 16.1. The highest BCUT2D eigenvalue weighted by Gasteiger charge is 2.25. The van der Waals surface area contributed by atoms with Crippen molar-refractivity contribution in [2.24, 2.45) is 10.7 Å². The average Bonchev–Trinajstić information content (AvgIpc) is 2.84. The third-order valence-electron chi connectivity index (χ3n) is 3.26. The van der Waals surface area contributed by atoms with Gasteiger partial charge in [-0.1, -0.05) is 11.8 Å². The number of aliphatic imine (C=N–C) groups is 1. The highest BCUT2D eigenvalue weighted by atomic mass is 32.2. The monoisotopic (exact) mass is 319 g/mol. The van der Waals surface area contributed by atoms with Crippen LogP contribution in [0.4, 0.5) is 5.69 Å². The van der Waals surface area contributed by atoms with E-state index >= 15 is 0 Å². The average molecular weight is 319 g/mol. The van der Waals surface area contributed by atoms with E-state index in [4.69, 9.17) is 5.73 Å². The van der Waals surface area contributed by atoms with Crippen molar-refractivity contribution < 1.29 is 14.7 Å². The molecule has 3 N–H and O–H groups in total. The molecule has 1 aromatic rings. The Morgan fingerprint density at radius 2 is 2.09 bits per heavy atom. The van der Waals surface area contributed by atoms with Crippen LogP contribution in [0.15, 0.2) is 28.1 Å². The number of nitrogens with zero attached hydrogens (tertiary/aromatic N) is 2. The molecular weight excluding hydrogens is 302 g/mol. The van der Waals surface area contributed by atoms with Crippen molar-refractivity contribution in [2.75, 3.05) is 18.0 Å². The molecule has 2 amide bonds. The van der Waals surface area contributed by atoms with E-state index in [0.29, 0.717) is 5.56 Å². The van der Waals surface area contributed by atoms with Crippen LogP contribution in [0.2, 0.25) is 0 Å². The van der Waals surface area contributed by atoms with Gasteiger partial charge in [-0.3, -0.25) is 9.59 Å². The van der Waals surface area contributed by atoms with Crippen molar-refractivity contribution in [3.05, 3.63) is 28.7 Å². The summed E-state index contributed by atoms with van der Waals surface area (Å²) in [5.41, 5.74) is 6.50. The number of anilines is 1. The van der Waals surface area contributed by atoms with Crippen LogP contribution < -0.4 is 10.6 Å². The molecular formula is C15H17N3O3S. The van der Waals surface area contributed by atoms with Gasteiger partial charge in [0.15, 0.2) is 5.04 Å². The second-order valence-corrected chi connectivity index (χ2v) is 5.64. The lowest BCUT2D eigenvalue weighted by Gasteiger charge is -2.21. The van der Waals surface area contributed by atoms with E-state index in [1.807, 2.05) is 19.9 Å². The summed E-state index contributed by atoms with van der Waals surface area (Å²) < 4.78 is 0. The van der Waals surface area contributed by atoms with E-state index < -0.39 is 11.8 Å². The van der Waals surface area contributed by atoms with Gasteiger partial charge in [0.25, 0.3) is 11.8 Å². The van der Waals surface area contributed by atoms with Crippen LogP contribution in [0, 0.1) is 0 Å². The molecule has 116 valence electrons. The fourth-order valence-corrected chi connectivity index (χ4v) is 2.85. The van der Waals surface area contributed by atoms with Gasteiger partial charge < -0.3 is 15.7 Å². The van der Waals surface area contributed by atoms with Gasteiger partial charge in [0.1, 0.15) is 5.75 Å². The van der Waals surface area contributed by atoms with Gasteiger partial charge in [0.05, 0.1) is 4.91 Å². The first-order valence-electron chi connectivity index (χ1n) is 6.86. The number of rotatable bonds is 5. The Morgan fingerprint density at radius 1 is 1.41 bits per heavy atom. The number of thioether (sulfide) groups is 1. The predicted molar refractivity (Wildman–Crippen MR) is 88.9 cm³/mol. The molecule has 1 heterocycles. The molecule has 0 atom stereocenters. The molecule has 1 aliphatic heterocycles. The van der Waals surface area contributed by atoms with Gasteiger partial charge in [0.2, 0.25) is 0 Å². The van der Waals surface area contributed by atoms with Gasteiger partial charge in [-0.25, -0.2) is 0 Å². The highest BCUT2D eigenvalue weighted by molar-refractivity contribution is 8.20. The molecule has 0 spiro atoms. The van der Waals surface area contributed by atoms with Crippen LogP contribution in [0.25, 0.3) is 6.08 Å². The minimum Gasteiger partial charge on any atom is -0.507 e. The van der Waals surface area contributed by atoms with Gasteiger partial charge >= 0.3 is 0 Å². The zero-order chi connectivity index (χ0) is 16.3. The van der Waals surface area contributed by atoms with E-state index in [2.05, 4.69) is 9.89 Å². The Morgan fingerprint density at radius 3 is 2.59 bits per heavy atom. The molecule has 0 unspecified atom stereocenters. The highest BCUT2D eigenvalue weighted by Crippen LogP contribution is 2.32. The van der Waals surface area contributed by atoms with E-state index in [1.165, 1.54) is 6.08 Å². The van der Waals surface area contributed by atoms with Crippen molar-refractivity contribution in [2.45, 2.75) is 13.8 Å². The molecule has 22 heavy (non-hydrogen) atoms. The summed E-state index contributed by atoms with van der Waals surface area (Å²) in [6.45, 7) is 5.74. The van der Waals surface area contributed by atoms with Crippen molar-refractivity contribution in [3.8, 4) is 5.75 Å². The maximum absolute atomic E-state index is 11.7. The first-order valence-corrected chi connectivity index (χ1v) is 7.68. The molecule has 1 aromatic carbocycles. The molecule has 0 saturated carbocycles. The lowest BCUT2D eigenvalue weighted by atomic mass is 10.1. The summed E-state index contributed by atoms with van der Waals surface area (Å²) >= 11 is 0.915. The molecule has 0 aromatic heterocycles. The number of carbonyl (C=O) groups excluding carboxylic acids is 2. The number of carbonyl (C=O) groups is 2. The van der Waals surface area contributed by atoms with E-state index in [1.54, 1.807) is 12.1 Å². The zero-order valence-electron chi connectivity index (χ0n) is 12.4. The van der Waals surface area contributed by atoms with Crippen molar-refractivity contribution in [3.63, 3.8) is 0 Å². The fraction of sp³-hybridized carbons (Fsp3) is 0.267. The van der Waals surface area contributed by atoms with Crippen LogP contribution >= 0.6 is 11.8 Å². The van der Waals surface area contributed by atoms with Gasteiger partial charge in [0, 0.05) is 30.4 Å². The summed E-state index contributed by atoms with van der Waals surface area (Å²) in [7, 11) is 0. The number of phenolic OH excluding ortho intramolecular Hbond substituents is 1. The van der Waals surface area contributed by atoms with Crippen LogP contribution in [-0.4, -0.2) is 35.1 Å². The van der Waals surface area contributed by atoms with Crippen molar-refractivity contribution in [1.82, 2.24) is 0 Å². The lowest BCUT2D eigenvalue weighted by Crippen LogP contribution is -2.21. The Hall–Kier alpha value is -2.28. The maximum atomic E-state index is 11.7. The number of hydrogen-bond acceptors (Lipinski definition) is 5. The van der Waals surface area contributed by atoms with E-state index in [9.17, 15) is 14.7 Å². The standard InChI is InChI=1S/C15H17N3O3S/c1-3-18(4-2)10-6-5-9(11(19)8-10)7-12-14(21)17-15(22-12)13(16)20/h5-8,19H,3-4H2,1-2H3,(H2,16,20). The third kappa shape index (κ3) is 3.30. The lowest BCUT2D eigenvalue weighted by molar-refractivity contribution is -0.114. The molecule has 0 fully saturated rings. The second-order valence-electron chi connectivity index (χ2n) is 4.61. The number of nitrogens with two attached hydrogens (primary N) is 1. The summed E-state index contributed by atoms with van der Waals surface area (Å²) in [5.74, 6) is -1.19. The van der Waals surface area contributed by atoms with Gasteiger partial charge in [-0.05, 0) is 32.1 Å². The Kier molecular flexibility index (Phi) is 4.87. The number of amides is 2. The number of benzene rings is 1. The molecule has 0 radical (unpaired) electrons. The van der Waals surface area contributed by atoms with Crippen molar-refractivity contribution in [1.29, 1.82) is 0 Å². The third-order valence-corrected chi connectivity index (χ3v) is 4.26. The topological polar surface area (TPSA) is 96.0 Å². The van der Waals surface area contributed by atoms with Gasteiger partial charge in [-0.15, -0.1) is 0 Å². The summed E-state index contributed by atoms with van der Waals surface area (Å²) in [4.78, 5) is 28.7. The minimum atomic E-state index is -0.733. The first-order chi connectivity index (χ1) is 10.5. The number of primary amides is 1. The van der Waals surface area contributed by atoms with Gasteiger partial charge in [-0.2, -0.15) is 4.99 Å². The summed E-state index contributed by atoms with van der Waals surface area (Å²) in [6, 6.07) is 5.25. The minimum absolute atomic E-state index is 0.0319. The SMILES string of the molecule is CCN(CC)c1ccc(C=C2SC(C(N)=O)=NC2=O)c(O)c1. The van der Waals surface area contributed by atoms with E-state index in [0.717, 1.165) is 30.5 Å². The summed E-state index contributed by atoms with van der Waals surface area (Å²) in [6.07, 6.45) is 1.51. The normalized spacial score (nSPS) is 16.0. The molecule has 1 aliphatic rings. The largest absolute Gasteiger partial charge is 0.507 e. The zero-order valence-corrected chi connectivity index (χ0v) is 13.2. The number of phenols is 1. The van der Waals surface area contributed by atoms with Crippen LogP contribution in [-0.2, 0) is 9.59 Å². The predicted octanol–water partition coefficient (Wildman–Crippen LogP) is 1.74. The molecule has 2 rings (SSSR count). The Balaban J connectivity index is 2.26. The second kappa shape index (κ2) is 6.65. The Bertz CT molecular complexity index is 679. The molecule has 7 heteroatoms. The van der Waals surface area contributed by atoms with E-state index in [-0.39, 0.29) is 15.7 Å². The number of hydrogen-bond donors (Lipinski definition) is 2. The maximum Gasteiger partial charge on any atom is 0.285 e. The quantitative estimate of drug-likeness (QED) is 0.806. The molecule has 0 saturated heterocycles. The summed E-state index contributed by atoms with van der Waals surface area (Å²) in [5, 5.41) is 10.1. The van der Waals surface area contributed by atoms with Crippen LogP contribution in [0.3, 0.4) is 0 Å². The van der Waals surface area contributed by atoms with Crippen LogP contribution in [0.5, 0.6) is 5.75 Å². The number of aromatic hydroxyl groups is 1.